The summed E-state index contributed by atoms with van der Waals surface area (Å²) in [6.45, 7) is 19.7. The van der Waals surface area contributed by atoms with Crippen LogP contribution in [0.1, 0.15) is 75.7 Å². The average Bonchev–Trinajstić information content (AvgIpc) is 2.07. The van der Waals surface area contributed by atoms with Crippen molar-refractivity contribution in [1.29, 1.82) is 0 Å². The lowest BCUT2D eigenvalue weighted by molar-refractivity contribution is -0.540. The summed E-state index contributed by atoms with van der Waals surface area (Å²) in [4.78, 5) is 21.8. The SMILES string of the molecule is CC(C)(C)CC(C)(OOC(C)(C)C)OOC(C)(C)C. The molecule has 4 nitrogen and oxygen atoms in total. The maximum absolute atomic E-state index is 5.52. The van der Waals surface area contributed by atoms with Crippen molar-refractivity contribution in [3.05, 3.63) is 0 Å². The molecule has 0 N–H and O–H groups in total. The molecule has 0 bridgehead atoms. The van der Waals surface area contributed by atoms with Crippen LogP contribution in [0, 0.1) is 5.41 Å². The molecule has 0 aliphatic carbocycles. The zero-order valence-corrected chi connectivity index (χ0v) is 14.3. The largest absolute Gasteiger partial charge is 0.231 e. The molecule has 0 aliphatic heterocycles. The Morgan fingerprint density at radius 1 is 0.526 bits per heavy atom. The van der Waals surface area contributed by atoms with E-state index in [1.165, 1.54) is 0 Å². The van der Waals surface area contributed by atoms with Crippen molar-refractivity contribution in [2.24, 2.45) is 5.41 Å². The maximum atomic E-state index is 5.52. The first-order chi connectivity index (χ1) is 8.12. The van der Waals surface area contributed by atoms with E-state index in [4.69, 9.17) is 19.6 Å². The third kappa shape index (κ3) is 11.4. The Morgan fingerprint density at radius 3 is 1.05 bits per heavy atom. The Labute approximate surface area is 118 Å². The summed E-state index contributed by atoms with van der Waals surface area (Å²) >= 11 is 0. The molecule has 0 amide bonds. The van der Waals surface area contributed by atoms with Gasteiger partial charge in [0.2, 0.25) is 5.79 Å². The molecule has 116 valence electrons. The quantitative estimate of drug-likeness (QED) is 0.417. The van der Waals surface area contributed by atoms with Crippen LogP contribution >= 0.6 is 0 Å². The van der Waals surface area contributed by atoms with Gasteiger partial charge in [0.1, 0.15) is 0 Å². The third-order valence-corrected chi connectivity index (χ3v) is 1.79. The summed E-state index contributed by atoms with van der Waals surface area (Å²) in [5.74, 6) is -0.946. The van der Waals surface area contributed by atoms with Crippen molar-refractivity contribution in [3.8, 4) is 0 Å². The van der Waals surface area contributed by atoms with Gasteiger partial charge >= 0.3 is 0 Å². The smallest absolute Gasteiger partial charge is 0.228 e. The molecule has 19 heavy (non-hydrogen) atoms. The molecule has 0 aromatic carbocycles. The molecule has 0 aromatic rings. The molecule has 0 unspecified atom stereocenters. The second-order valence-corrected chi connectivity index (χ2v) is 8.43. The molecule has 0 fully saturated rings. The van der Waals surface area contributed by atoms with Gasteiger partial charge in [0, 0.05) is 6.42 Å². The van der Waals surface area contributed by atoms with Gasteiger partial charge in [-0.1, -0.05) is 20.8 Å². The Balaban J connectivity index is 4.72. The fraction of sp³-hybridized carbons (Fsp3) is 1.00. The minimum Gasteiger partial charge on any atom is -0.228 e. The average molecular weight is 276 g/mol. The van der Waals surface area contributed by atoms with Crippen LogP contribution in [0.5, 0.6) is 0 Å². The first kappa shape index (κ1) is 18.8. The van der Waals surface area contributed by atoms with Gasteiger partial charge in [-0.15, -0.1) is 0 Å². The van der Waals surface area contributed by atoms with E-state index in [2.05, 4.69) is 20.8 Å². The summed E-state index contributed by atoms with van der Waals surface area (Å²) in [6.07, 6.45) is 0.645. The predicted molar refractivity (Wildman–Crippen MR) is 76.3 cm³/mol. The zero-order valence-electron chi connectivity index (χ0n) is 14.3. The first-order valence-corrected chi connectivity index (χ1v) is 6.86. The third-order valence-electron chi connectivity index (χ3n) is 1.79. The van der Waals surface area contributed by atoms with E-state index < -0.39 is 17.0 Å². The highest BCUT2D eigenvalue weighted by atomic mass is 17.3. The van der Waals surface area contributed by atoms with Gasteiger partial charge in [-0.3, -0.25) is 0 Å². The summed E-state index contributed by atoms with van der Waals surface area (Å²) < 4.78 is 0. The highest BCUT2D eigenvalue weighted by molar-refractivity contribution is 4.72. The fourth-order valence-electron chi connectivity index (χ4n) is 1.46. The van der Waals surface area contributed by atoms with Crippen molar-refractivity contribution in [2.45, 2.75) is 92.6 Å². The van der Waals surface area contributed by atoms with Crippen LogP contribution in [0.3, 0.4) is 0 Å². The number of hydrogen-bond donors (Lipinski definition) is 0. The molecule has 0 aromatic heterocycles. The molecule has 0 spiro atoms. The van der Waals surface area contributed by atoms with E-state index >= 15 is 0 Å². The molecule has 0 aliphatic rings. The summed E-state index contributed by atoms with van der Waals surface area (Å²) in [6, 6.07) is 0. The Morgan fingerprint density at radius 2 is 0.842 bits per heavy atom. The van der Waals surface area contributed by atoms with Gasteiger partial charge in [0.15, 0.2) is 0 Å². The van der Waals surface area contributed by atoms with Crippen molar-refractivity contribution < 1.29 is 19.6 Å². The molecule has 0 rings (SSSR count). The van der Waals surface area contributed by atoms with Crippen LogP contribution in [-0.2, 0) is 19.6 Å². The molecule has 0 saturated carbocycles. The lowest BCUT2D eigenvalue weighted by Crippen LogP contribution is -2.41. The number of hydrogen-bond acceptors (Lipinski definition) is 4. The fourth-order valence-corrected chi connectivity index (χ4v) is 1.46. The number of rotatable bonds is 5. The highest BCUT2D eigenvalue weighted by Crippen LogP contribution is 2.33. The maximum Gasteiger partial charge on any atom is 0.231 e. The van der Waals surface area contributed by atoms with Gasteiger partial charge in [0.05, 0.1) is 11.2 Å². The van der Waals surface area contributed by atoms with E-state index in [0.29, 0.717) is 6.42 Å². The standard InChI is InChI=1S/C15H32O4/c1-12(2,3)11-15(10,18-16-13(4,5)6)19-17-14(7,8)9/h11H2,1-10H3. The van der Waals surface area contributed by atoms with Crippen LogP contribution in [0.2, 0.25) is 0 Å². The van der Waals surface area contributed by atoms with E-state index in [1.807, 2.05) is 48.5 Å². The van der Waals surface area contributed by atoms with Gasteiger partial charge in [-0.25, -0.2) is 9.78 Å². The second kappa shape index (κ2) is 6.08. The lowest BCUT2D eigenvalue weighted by atomic mass is 9.88. The molecule has 4 heteroatoms. The van der Waals surface area contributed by atoms with Crippen LogP contribution in [0.15, 0.2) is 0 Å². The Bertz CT molecular complexity index is 247. The van der Waals surface area contributed by atoms with Gasteiger partial charge in [-0.05, 0) is 53.9 Å². The van der Waals surface area contributed by atoms with Crippen LogP contribution in [0.4, 0.5) is 0 Å². The van der Waals surface area contributed by atoms with Crippen molar-refractivity contribution in [3.63, 3.8) is 0 Å². The summed E-state index contributed by atoms with van der Waals surface area (Å²) in [5.41, 5.74) is -0.772. The molecule has 0 saturated heterocycles. The Hall–Kier alpha value is -0.160. The van der Waals surface area contributed by atoms with Crippen molar-refractivity contribution >= 4 is 0 Å². The van der Waals surface area contributed by atoms with E-state index in [1.54, 1.807) is 0 Å². The summed E-state index contributed by atoms with van der Waals surface area (Å²) in [5, 5.41) is 0. The monoisotopic (exact) mass is 276 g/mol. The van der Waals surface area contributed by atoms with E-state index in [0.717, 1.165) is 0 Å². The van der Waals surface area contributed by atoms with Gasteiger partial charge < -0.3 is 0 Å². The predicted octanol–water partition coefficient (Wildman–Crippen LogP) is 4.63. The zero-order chi connectivity index (χ0) is 15.5. The first-order valence-electron chi connectivity index (χ1n) is 6.86. The van der Waals surface area contributed by atoms with E-state index in [9.17, 15) is 0 Å². The molecular formula is C15H32O4. The molecule has 0 atom stereocenters. The topological polar surface area (TPSA) is 36.9 Å². The van der Waals surface area contributed by atoms with Crippen molar-refractivity contribution in [2.75, 3.05) is 0 Å². The molecular weight excluding hydrogens is 244 g/mol. The normalized spacial score (nSPS) is 14.8. The van der Waals surface area contributed by atoms with Gasteiger partial charge in [-0.2, -0.15) is 9.78 Å². The van der Waals surface area contributed by atoms with Crippen LogP contribution in [0.25, 0.3) is 0 Å². The van der Waals surface area contributed by atoms with Crippen LogP contribution in [-0.4, -0.2) is 17.0 Å². The van der Waals surface area contributed by atoms with E-state index in [-0.39, 0.29) is 5.41 Å². The van der Waals surface area contributed by atoms with Crippen LogP contribution < -0.4 is 0 Å². The highest BCUT2D eigenvalue weighted by Gasteiger charge is 2.37. The minimum absolute atomic E-state index is 0.0250. The minimum atomic E-state index is -0.946. The second-order valence-electron chi connectivity index (χ2n) is 8.43. The van der Waals surface area contributed by atoms with Crippen molar-refractivity contribution in [1.82, 2.24) is 0 Å². The Kier molecular flexibility index (Phi) is 6.03. The molecule has 0 radical (unpaired) electrons. The molecule has 0 heterocycles. The summed E-state index contributed by atoms with van der Waals surface area (Å²) in [7, 11) is 0. The van der Waals surface area contributed by atoms with Gasteiger partial charge in [0.25, 0.3) is 0 Å². The lowest BCUT2D eigenvalue weighted by Gasteiger charge is -2.36.